The smallest absolute Gasteiger partial charge is 0.0512 e. The molecule has 1 N–H and O–H groups in total. The number of nitrogens with zero attached hydrogens (tertiary/aromatic N) is 1. The van der Waals surface area contributed by atoms with Gasteiger partial charge in [0.15, 0.2) is 0 Å². The quantitative estimate of drug-likeness (QED) is 0.397. The minimum absolute atomic E-state index is 0.665. The van der Waals surface area contributed by atoms with Crippen LogP contribution in [0.2, 0.25) is 0 Å². The van der Waals surface area contributed by atoms with Gasteiger partial charge in [0.25, 0.3) is 0 Å². The Morgan fingerprint density at radius 1 is 1.50 bits per heavy atom. The van der Waals surface area contributed by atoms with E-state index in [0.717, 1.165) is 0 Å². The zero-order chi connectivity index (χ0) is 6.57. The van der Waals surface area contributed by atoms with Crippen LogP contribution in [-0.4, -0.2) is 19.1 Å². The SMILES string of the molecule is CN(C)NC=C(S)S. The van der Waals surface area contributed by atoms with E-state index in [9.17, 15) is 0 Å². The molecule has 0 radical (unpaired) electrons. The lowest BCUT2D eigenvalue weighted by Crippen LogP contribution is -2.24. The lowest BCUT2D eigenvalue weighted by atomic mass is 11.0. The first-order chi connectivity index (χ1) is 3.63. The molecule has 0 spiro atoms. The van der Waals surface area contributed by atoms with Crippen LogP contribution in [0.25, 0.3) is 0 Å². The normalized spacial score (nSPS) is 9.12. The van der Waals surface area contributed by atoms with Gasteiger partial charge in [-0.15, -0.1) is 25.3 Å². The number of nitrogens with one attached hydrogen (secondary N) is 1. The van der Waals surface area contributed by atoms with Crippen LogP contribution in [0, 0.1) is 0 Å². The maximum absolute atomic E-state index is 3.91. The third-order valence-electron chi connectivity index (χ3n) is 0.452. The van der Waals surface area contributed by atoms with Crippen molar-refractivity contribution in [2.24, 2.45) is 0 Å². The summed E-state index contributed by atoms with van der Waals surface area (Å²) in [6.45, 7) is 0. The molecule has 0 heterocycles. The predicted molar refractivity (Wildman–Crippen MR) is 42.9 cm³/mol. The third-order valence-corrected chi connectivity index (χ3v) is 0.710. The van der Waals surface area contributed by atoms with Crippen molar-refractivity contribution >= 4 is 25.3 Å². The minimum Gasteiger partial charge on any atom is -0.325 e. The van der Waals surface area contributed by atoms with E-state index >= 15 is 0 Å². The highest BCUT2D eigenvalue weighted by molar-refractivity contribution is 8.04. The van der Waals surface area contributed by atoms with E-state index in [1.807, 2.05) is 14.1 Å². The molecule has 0 saturated heterocycles. The fraction of sp³-hybridized carbons (Fsp3) is 0.500. The molecule has 4 heteroatoms. The molecule has 0 aromatic heterocycles. The molecule has 48 valence electrons. The van der Waals surface area contributed by atoms with Gasteiger partial charge in [-0.05, 0) is 0 Å². The third kappa shape index (κ3) is 6.20. The molecule has 0 atom stereocenters. The van der Waals surface area contributed by atoms with Gasteiger partial charge in [0.05, 0.1) is 4.24 Å². The molecule has 0 bridgehead atoms. The Morgan fingerprint density at radius 3 is 2.12 bits per heavy atom. The topological polar surface area (TPSA) is 15.3 Å². The van der Waals surface area contributed by atoms with Crippen LogP contribution in [0.1, 0.15) is 0 Å². The Morgan fingerprint density at radius 2 is 2.00 bits per heavy atom. The van der Waals surface area contributed by atoms with Crippen molar-refractivity contribution in [3.63, 3.8) is 0 Å². The van der Waals surface area contributed by atoms with Gasteiger partial charge in [-0.3, -0.25) is 0 Å². The van der Waals surface area contributed by atoms with Crippen LogP contribution in [0.3, 0.4) is 0 Å². The van der Waals surface area contributed by atoms with E-state index in [1.54, 1.807) is 11.2 Å². The van der Waals surface area contributed by atoms with E-state index in [0.29, 0.717) is 4.24 Å². The van der Waals surface area contributed by atoms with Crippen LogP contribution in [0.5, 0.6) is 0 Å². The first kappa shape index (κ1) is 8.20. The summed E-state index contributed by atoms with van der Waals surface area (Å²) in [6.07, 6.45) is 1.69. The van der Waals surface area contributed by atoms with Gasteiger partial charge in [-0.1, -0.05) is 0 Å². The summed E-state index contributed by atoms with van der Waals surface area (Å²) >= 11 is 7.82. The second kappa shape index (κ2) is 4.12. The summed E-state index contributed by atoms with van der Waals surface area (Å²) in [4.78, 5) is 0. The van der Waals surface area contributed by atoms with Crippen molar-refractivity contribution in [1.82, 2.24) is 10.4 Å². The van der Waals surface area contributed by atoms with Gasteiger partial charge in [0.1, 0.15) is 0 Å². The van der Waals surface area contributed by atoms with Crippen molar-refractivity contribution in [1.29, 1.82) is 0 Å². The lowest BCUT2D eigenvalue weighted by molar-refractivity contribution is 0.343. The summed E-state index contributed by atoms with van der Waals surface area (Å²) in [5.74, 6) is 0. The highest BCUT2D eigenvalue weighted by Crippen LogP contribution is 2.01. The Labute approximate surface area is 60.7 Å². The number of thiol groups is 2. The molecule has 2 nitrogen and oxygen atoms in total. The Hall–Kier alpha value is 0.200. The van der Waals surface area contributed by atoms with Gasteiger partial charge >= 0.3 is 0 Å². The number of hydrazine groups is 1. The Kier molecular flexibility index (Phi) is 4.22. The average molecular weight is 150 g/mol. The molecule has 0 aromatic carbocycles. The van der Waals surface area contributed by atoms with Crippen LogP contribution in [0.4, 0.5) is 0 Å². The van der Waals surface area contributed by atoms with E-state index in [2.05, 4.69) is 30.7 Å². The van der Waals surface area contributed by atoms with E-state index in [1.165, 1.54) is 0 Å². The minimum atomic E-state index is 0.665. The predicted octanol–water partition coefficient (Wildman–Crippen LogP) is 0.711. The fourth-order valence-corrected chi connectivity index (χ4v) is 0.302. The summed E-state index contributed by atoms with van der Waals surface area (Å²) in [6, 6.07) is 0. The Balaban J connectivity index is 3.29. The van der Waals surface area contributed by atoms with Crippen molar-refractivity contribution in [2.75, 3.05) is 14.1 Å². The second-order valence-electron chi connectivity index (χ2n) is 1.53. The Bertz CT molecular complexity index is 86.0. The molecule has 0 amide bonds. The van der Waals surface area contributed by atoms with Crippen LogP contribution in [0.15, 0.2) is 10.4 Å². The molecular formula is C4H10N2S2. The fourth-order valence-electron chi connectivity index (χ4n) is 0.187. The lowest BCUT2D eigenvalue weighted by Gasteiger charge is -2.07. The summed E-state index contributed by atoms with van der Waals surface area (Å²) in [5, 5.41) is 1.80. The van der Waals surface area contributed by atoms with Gasteiger partial charge in [0.2, 0.25) is 0 Å². The van der Waals surface area contributed by atoms with Crippen LogP contribution in [-0.2, 0) is 0 Å². The van der Waals surface area contributed by atoms with Crippen molar-refractivity contribution in [3.05, 3.63) is 10.4 Å². The van der Waals surface area contributed by atoms with Crippen LogP contribution < -0.4 is 5.43 Å². The largest absolute Gasteiger partial charge is 0.325 e. The molecular weight excluding hydrogens is 140 g/mol. The molecule has 0 fully saturated rings. The molecule has 0 saturated carbocycles. The van der Waals surface area contributed by atoms with E-state index in [4.69, 9.17) is 0 Å². The molecule has 0 aliphatic heterocycles. The first-order valence-electron chi connectivity index (χ1n) is 2.14. The number of hydrogen-bond donors (Lipinski definition) is 3. The maximum atomic E-state index is 3.91. The van der Waals surface area contributed by atoms with Crippen molar-refractivity contribution in [2.45, 2.75) is 0 Å². The number of rotatable bonds is 2. The second-order valence-corrected chi connectivity index (χ2v) is 2.84. The zero-order valence-corrected chi connectivity index (χ0v) is 6.71. The molecule has 0 aliphatic rings. The van der Waals surface area contributed by atoms with Gasteiger partial charge in [0, 0.05) is 20.3 Å². The number of hydrogen-bond acceptors (Lipinski definition) is 4. The standard InChI is InChI=1S/C4H10N2S2/c1-6(2)5-3-4(7)8/h3,5,7-8H,1-2H3. The van der Waals surface area contributed by atoms with Crippen molar-refractivity contribution in [3.8, 4) is 0 Å². The zero-order valence-electron chi connectivity index (χ0n) is 4.92. The molecule has 0 aromatic rings. The maximum Gasteiger partial charge on any atom is 0.0512 e. The first-order valence-corrected chi connectivity index (χ1v) is 3.04. The molecule has 0 rings (SSSR count). The van der Waals surface area contributed by atoms with Crippen molar-refractivity contribution < 1.29 is 0 Å². The molecule has 8 heavy (non-hydrogen) atoms. The van der Waals surface area contributed by atoms with Gasteiger partial charge < -0.3 is 5.43 Å². The highest BCUT2D eigenvalue weighted by Gasteiger charge is 1.79. The average Bonchev–Trinajstić information content (AvgIpc) is 1.61. The van der Waals surface area contributed by atoms with E-state index in [-0.39, 0.29) is 0 Å². The molecule has 0 unspecified atom stereocenters. The monoisotopic (exact) mass is 150 g/mol. The van der Waals surface area contributed by atoms with Gasteiger partial charge in [-0.2, -0.15) is 0 Å². The van der Waals surface area contributed by atoms with E-state index < -0.39 is 0 Å². The summed E-state index contributed by atoms with van der Waals surface area (Å²) in [5.41, 5.74) is 2.86. The highest BCUT2D eigenvalue weighted by atomic mass is 32.2. The van der Waals surface area contributed by atoms with Crippen LogP contribution >= 0.6 is 25.3 Å². The van der Waals surface area contributed by atoms with Gasteiger partial charge in [-0.25, -0.2) is 5.01 Å². The summed E-state index contributed by atoms with van der Waals surface area (Å²) < 4.78 is 0.665. The molecule has 0 aliphatic carbocycles. The summed E-state index contributed by atoms with van der Waals surface area (Å²) in [7, 11) is 3.78.